The highest BCUT2D eigenvalue weighted by molar-refractivity contribution is 5.96. The highest BCUT2D eigenvalue weighted by Gasteiger charge is 2.11. The van der Waals surface area contributed by atoms with Gasteiger partial charge in [-0.15, -0.1) is 0 Å². The van der Waals surface area contributed by atoms with Crippen LogP contribution in [0.15, 0.2) is 24.3 Å². The lowest BCUT2D eigenvalue weighted by Gasteiger charge is -2.11. The monoisotopic (exact) mass is 447 g/mol. The molecule has 1 amide bonds. The lowest BCUT2D eigenvalue weighted by Crippen LogP contribution is -2.27. The molecule has 0 aromatic heterocycles. The van der Waals surface area contributed by atoms with Crippen LogP contribution in [0.5, 0.6) is 5.75 Å². The van der Waals surface area contributed by atoms with Crippen molar-refractivity contribution in [1.82, 2.24) is 5.32 Å². The molecule has 0 bridgehead atoms. The molecule has 0 aliphatic heterocycles. The topological polar surface area (TPSA) is 47.6 Å². The third-order valence-electron chi connectivity index (χ3n) is 5.91. The Kier molecular flexibility index (Phi) is 17.9. The molecule has 4 nitrogen and oxygen atoms in total. The maximum Gasteiger partial charge on any atom is 0.255 e. The van der Waals surface area contributed by atoms with Gasteiger partial charge in [-0.1, -0.05) is 109 Å². The molecular weight excluding hydrogens is 398 g/mol. The number of nitrogens with one attached hydrogen (secondary N) is 1. The van der Waals surface area contributed by atoms with Crippen LogP contribution in [0, 0.1) is 5.92 Å². The maximum absolute atomic E-state index is 12.3. The summed E-state index contributed by atoms with van der Waals surface area (Å²) in [6.07, 6.45) is 18.9. The van der Waals surface area contributed by atoms with Gasteiger partial charge in [-0.3, -0.25) is 4.79 Å². The summed E-state index contributed by atoms with van der Waals surface area (Å²) in [5.41, 5.74) is 0.596. The fourth-order valence-corrected chi connectivity index (χ4v) is 3.92. The quantitative estimate of drug-likeness (QED) is 0.198. The number of ether oxygens (including phenoxy) is 2. The molecule has 0 radical (unpaired) electrons. The van der Waals surface area contributed by atoms with E-state index in [9.17, 15) is 4.79 Å². The van der Waals surface area contributed by atoms with Gasteiger partial charge in [0.15, 0.2) is 0 Å². The predicted octanol–water partition coefficient (Wildman–Crippen LogP) is 7.56. The van der Waals surface area contributed by atoms with Crippen molar-refractivity contribution in [3.05, 3.63) is 29.8 Å². The van der Waals surface area contributed by atoms with Crippen molar-refractivity contribution >= 4 is 5.91 Å². The first-order chi connectivity index (χ1) is 15.6. The Morgan fingerprint density at radius 2 is 1.31 bits per heavy atom. The number of rotatable bonds is 21. The third-order valence-corrected chi connectivity index (χ3v) is 5.91. The highest BCUT2D eigenvalue weighted by atomic mass is 16.5. The summed E-state index contributed by atoms with van der Waals surface area (Å²) in [4.78, 5) is 12.3. The third kappa shape index (κ3) is 15.3. The molecule has 1 N–H and O–H groups in total. The highest BCUT2D eigenvalue weighted by Crippen LogP contribution is 2.19. The molecule has 184 valence electrons. The Labute approximate surface area is 197 Å². The Morgan fingerprint density at radius 1 is 0.781 bits per heavy atom. The first-order valence-electron chi connectivity index (χ1n) is 13.1. The maximum atomic E-state index is 12.3. The number of carbonyl (C=O) groups excluding carboxylic acids is 1. The fourth-order valence-electron chi connectivity index (χ4n) is 3.92. The van der Waals surface area contributed by atoms with Crippen LogP contribution in [0.1, 0.15) is 114 Å². The second kappa shape index (κ2) is 20.1. The zero-order valence-electron chi connectivity index (χ0n) is 21.1. The van der Waals surface area contributed by atoms with Crippen molar-refractivity contribution < 1.29 is 14.3 Å². The number of carbonyl (C=O) groups is 1. The van der Waals surface area contributed by atoms with Gasteiger partial charge in [0.25, 0.3) is 5.91 Å². The lowest BCUT2D eigenvalue weighted by molar-refractivity contribution is 0.0933. The molecule has 1 rings (SSSR count). The van der Waals surface area contributed by atoms with Gasteiger partial charge in [-0.2, -0.15) is 0 Å². The van der Waals surface area contributed by atoms with E-state index >= 15 is 0 Å². The molecule has 0 aliphatic carbocycles. The molecule has 0 saturated carbocycles. The van der Waals surface area contributed by atoms with Gasteiger partial charge in [0.1, 0.15) is 5.75 Å². The second-order valence-electron chi connectivity index (χ2n) is 9.37. The van der Waals surface area contributed by atoms with Crippen LogP contribution in [-0.2, 0) is 4.74 Å². The average Bonchev–Trinajstić information content (AvgIpc) is 2.79. The van der Waals surface area contributed by atoms with Crippen LogP contribution < -0.4 is 10.1 Å². The Balaban J connectivity index is 1.96. The largest absolute Gasteiger partial charge is 0.493 e. The summed E-state index contributed by atoms with van der Waals surface area (Å²) in [6.45, 7) is 6.32. The summed E-state index contributed by atoms with van der Waals surface area (Å²) in [7, 11) is 1.63. The van der Waals surface area contributed by atoms with Crippen LogP contribution >= 0.6 is 0 Å². The number of para-hydroxylation sites is 1. The minimum absolute atomic E-state index is 0.108. The molecule has 0 unspecified atom stereocenters. The fraction of sp³-hybridized carbons (Fsp3) is 0.750. The summed E-state index contributed by atoms with van der Waals surface area (Å²) in [5.74, 6) is 1.43. The number of unbranched alkanes of at least 4 members (excludes halogenated alkanes) is 12. The first kappa shape index (κ1) is 28.5. The summed E-state index contributed by atoms with van der Waals surface area (Å²) in [6, 6.07) is 7.46. The molecule has 32 heavy (non-hydrogen) atoms. The van der Waals surface area contributed by atoms with E-state index in [-0.39, 0.29) is 5.91 Å². The number of benzene rings is 1. The summed E-state index contributed by atoms with van der Waals surface area (Å²) in [5, 5.41) is 2.85. The van der Waals surface area contributed by atoms with Gasteiger partial charge >= 0.3 is 0 Å². The summed E-state index contributed by atoms with van der Waals surface area (Å²) >= 11 is 0. The Morgan fingerprint density at radius 3 is 1.88 bits per heavy atom. The Hall–Kier alpha value is -1.55. The van der Waals surface area contributed by atoms with Gasteiger partial charge in [-0.05, 0) is 24.5 Å². The minimum atomic E-state index is -0.108. The number of hydrogen-bond donors (Lipinski definition) is 1. The van der Waals surface area contributed by atoms with Gasteiger partial charge in [0.05, 0.1) is 18.8 Å². The van der Waals surface area contributed by atoms with E-state index in [1.165, 1.54) is 83.5 Å². The molecule has 0 fully saturated rings. The van der Waals surface area contributed by atoms with Crippen molar-refractivity contribution in [2.24, 2.45) is 5.92 Å². The van der Waals surface area contributed by atoms with E-state index < -0.39 is 0 Å². The average molecular weight is 448 g/mol. The van der Waals surface area contributed by atoms with Crippen LogP contribution in [-0.4, -0.2) is 32.8 Å². The first-order valence-corrected chi connectivity index (χ1v) is 13.1. The van der Waals surface area contributed by atoms with Crippen molar-refractivity contribution in [1.29, 1.82) is 0 Å². The van der Waals surface area contributed by atoms with Crippen LogP contribution in [0.2, 0.25) is 0 Å². The lowest BCUT2D eigenvalue weighted by atomic mass is 10.0. The smallest absolute Gasteiger partial charge is 0.255 e. The normalized spacial score (nSPS) is 11.1. The molecule has 1 aromatic rings. The second-order valence-corrected chi connectivity index (χ2v) is 9.37. The molecule has 0 atom stereocenters. The van der Waals surface area contributed by atoms with Crippen LogP contribution in [0.4, 0.5) is 0 Å². The zero-order valence-corrected chi connectivity index (χ0v) is 21.1. The number of methoxy groups -OCH3 is 1. The van der Waals surface area contributed by atoms with E-state index in [4.69, 9.17) is 9.47 Å². The van der Waals surface area contributed by atoms with E-state index in [1.807, 2.05) is 24.3 Å². The predicted molar refractivity (Wildman–Crippen MR) is 136 cm³/mol. The van der Waals surface area contributed by atoms with Crippen molar-refractivity contribution in [2.45, 2.75) is 104 Å². The molecule has 1 aromatic carbocycles. The molecule has 0 saturated heterocycles. The number of hydrogen-bond acceptors (Lipinski definition) is 3. The van der Waals surface area contributed by atoms with Gasteiger partial charge in [0, 0.05) is 13.7 Å². The standard InChI is InChI=1S/C28H49NO3/c1-25(2)19-15-13-11-9-7-5-4-6-8-10-12-14-18-23-32-27-21-17-16-20-26(27)28(30)29-22-24-31-3/h16-17,20-21,25H,4-15,18-19,22-24H2,1-3H3,(H,29,30). The molecular formula is C28H49NO3. The van der Waals surface area contributed by atoms with Crippen molar-refractivity contribution in [3.63, 3.8) is 0 Å². The summed E-state index contributed by atoms with van der Waals surface area (Å²) < 4.78 is 10.9. The van der Waals surface area contributed by atoms with Gasteiger partial charge in [-0.25, -0.2) is 0 Å². The zero-order chi connectivity index (χ0) is 23.3. The molecule has 4 heteroatoms. The van der Waals surface area contributed by atoms with E-state index in [2.05, 4.69) is 19.2 Å². The van der Waals surface area contributed by atoms with Crippen molar-refractivity contribution in [3.8, 4) is 5.75 Å². The van der Waals surface area contributed by atoms with Crippen LogP contribution in [0.3, 0.4) is 0 Å². The van der Waals surface area contributed by atoms with E-state index in [0.29, 0.717) is 31.1 Å². The van der Waals surface area contributed by atoms with Crippen molar-refractivity contribution in [2.75, 3.05) is 26.9 Å². The molecule has 0 heterocycles. The van der Waals surface area contributed by atoms with E-state index in [0.717, 1.165) is 12.3 Å². The van der Waals surface area contributed by atoms with Gasteiger partial charge in [0.2, 0.25) is 0 Å². The SMILES string of the molecule is COCCNC(=O)c1ccccc1OCCCCCCCCCCCCCCCC(C)C. The van der Waals surface area contributed by atoms with Gasteiger partial charge < -0.3 is 14.8 Å². The Bertz CT molecular complexity index is 574. The van der Waals surface area contributed by atoms with E-state index in [1.54, 1.807) is 7.11 Å². The minimum Gasteiger partial charge on any atom is -0.493 e. The molecule has 0 aliphatic rings. The molecule has 0 spiro atoms. The van der Waals surface area contributed by atoms with Crippen LogP contribution in [0.25, 0.3) is 0 Å². The number of amides is 1.